The molecule has 3 aromatic rings. The lowest BCUT2D eigenvalue weighted by atomic mass is 10.1. The molecule has 2 heterocycles. The highest BCUT2D eigenvalue weighted by Gasteiger charge is 2.17. The van der Waals surface area contributed by atoms with E-state index < -0.39 is 4.92 Å². The zero-order valence-corrected chi connectivity index (χ0v) is 17.1. The van der Waals surface area contributed by atoms with Crippen LogP contribution in [0.3, 0.4) is 0 Å². The van der Waals surface area contributed by atoms with Crippen LogP contribution in [0.1, 0.15) is 42.0 Å². The largest absolute Gasteiger partial charge is 0.348 e. The Bertz CT molecular complexity index is 1030. The van der Waals surface area contributed by atoms with Gasteiger partial charge in [0.2, 0.25) is 0 Å². The number of nitrogens with zero attached hydrogens (tertiary/aromatic N) is 5. The zero-order valence-electron chi connectivity index (χ0n) is 17.1. The third-order valence-electron chi connectivity index (χ3n) is 4.98. The van der Waals surface area contributed by atoms with Crippen molar-refractivity contribution in [3.63, 3.8) is 0 Å². The fraction of sp³-hybridized carbons (Fsp3) is 0.381. The van der Waals surface area contributed by atoms with Crippen LogP contribution in [0.2, 0.25) is 0 Å². The molecular formula is C21H25N5O3. The van der Waals surface area contributed by atoms with Crippen molar-refractivity contribution < 1.29 is 9.72 Å². The second-order valence-corrected chi connectivity index (χ2v) is 7.61. The van der Waals surface area contributed by atoms with Crippen LogP contribution in [0, 0.1) is 29.9 Å². The molecule has 0 bridgehead atoms. The summed E-state index contributed by atoms with van der Waals surface area (Å²) in [6.07, 6.45) is 2.57. The van der Waals surface area contributed by atoms with Crippen LogP contribution >= 0.6 is 0 Å². The van der Waals surface area contributed by atoms with E-state index in [1.54, 1.807) is 12.1 Å². The Balaban J connectivity index is 1.73. The van der Waals surface area contributed by atoms with Gasteiger partial charge >= 0.3 is 0 Å². The van der Waals surface area contributed by atoms with E-state index in [4.69, 9.17) is 0 Å². The Morgan fingerprint density at radius 3 is 2.52 bits per heavy atom. The average Bonchev–Trinajstić information content (AvgIpc) is 3.24. The lowest BCUT2D eigenvalue weighted by Crippen LogP contribution is -2.12. The van der Waals surface area contributed by atoms with Gasteiger partial charge in [-0.25, -0.2) is 9.67 Å². The Labute approximate surface area is 169 Å². The molecule has 152 valence electrons. The number of aryl methyl sites for hydroxylation is 1. The Kier molecular flexibility index (Phi) is 5.91. The number of nitro benzene ring substituents is 1. The van der Waals surface area contributed by atoms with Crippen molar-refractivity contribution in [1.29, 1.82) is 0 Å². The fourth-order valence-electron chi connectivity index (χ4n) is 3.28. The number of rotatable bonds is 8. The van der Waals surface area contributed by atoms with Gasteiger partial charge in [-0.3, -0.25) is 14.9 Å². The van der Waals surface area contributed by atoms with Crippen molar-refractivity contribution in [3.8, 4) is 11.4 Å². The van der Waals surface area contributed by atoms with Gasteiger partial charge in [0.15, 0.2) is 11.6 Å². The molecule has 0 aliphatic rings. The molecule has 0 radical (unpaired) electrons. The van der Waals surface area contributed by atoms with E-state index in [9.17, 15) is 14.9 Å². The second-order valence-electron chi connectivity index (χ2n) is 7.61. The van der Waals surface area contributed by atoms with Gasteiger partial charge in [0.1, 0.15) is 12.9 Å². The van der Waals surface area contributed by atoms with E-state index in [2.05, 4.69) is 28.5 Å². The topological polar surface area (TPSA) is 95.8 Å². The Morgan fingerprint density at radius 1 is 1.21 bits per heavy atom. The number of carbonyl (C=O) groups excluding carboxylic acids is 1. The van der Waals surface area contributed by atoms with E-state index in [-0.39, 0.29) is 18.0 Å². The van der Waals surface area contributed by atoms with Crippen LogP contribution in [-0.2, 0) is 13.1 Å². The SMILES string of the molecule is Cc1cc(C(=O)Cn2cnc(-c3ccc([N+](=O)[O-])cc3)n2)c(C)n1CCC(C)C. The fourth-order valence-corrected chi connectivity index (χ4v) is 3.28. The summed E-state index contributed by atoms with van der Waals surface area (Å²) in [6.45, 7) is 9.36. The lowest BCUT2D eigenvalue weighted by Gasteiger charge is -2.11. The minimum atomic E-state index is -0.452. The third kappa shape index (κ3) is 4.59. The van der Waals surface area contributed by atoms with Crippen molar-refractivity contribution in [3.05, 3.63) is 63.7 Å². The first kappa shape index (κ1) is 20.4. The maximum Gasteiger partial charge on any atom is 0.269 e. The maximum atomic E-state index is 12.8. The van der Waals surface area contributed by atoms with Crippen LogP contribution in [-0.4, -0.2) is 30.0 Å². The summed E-state index contributed by atoms with van der Waals surface area (Å²) in [5.74, 6) is 1.01. The van der Waals surface area contributed by atoms with Gasteiger partial charge < -0.3 is 4.57 Å². The van der Waals surface area contributed by atoms with E-state index in [1.165, 1.54) is 23.1 Å². The van der Waals surface area contributed by atoms with Gasteiger partial charge in [-0.1, -0.05) is 13.8 Å². The molecule has 1 aromatic carbocycles. The normalized spacial score (nSPS) is 11.2. The van der Waals surface area contributed by atoms with Crippen LogP contribution < -0.4 is 0 Å². The molecule has 0 N–H and O–H groups in total. The van der Waals surface area contributed by atoms with Crippen molar-refractivity contribution in [1.82, 2.24) is 19.3 Å². The van der Waals surface area contributed by atoms with Crippen LogP contribution in [0.4, 0.5) is 5.69 Å². The van der Waals surface area contributed by atoms with Crippen LogP contribution in [0.25, 0.3) is 11.4 Å². The molecule has 2 aromatic heterocycles. The van der Waals surface area contributed by atoms with Crippen molar-refractivity contribution in [2.45, 2.75) is 47.2 Å². The minimum absolute atomic E-state index is 0.0104. The van der Waals surface area contributed by atoms with Gasteiger partial charge in [0.25, 0.3) is 5.69 Å². The summed E-state index contributed by atoms with van der Waals surface area (Å²) in [7, 11) is 0. The number of benzene rings is 1. The van der Waals surface area contributed by atoms with E-state index in [0.717, 1.165) is 24.4 Å². The van der Waals surface area contributed by atoms with Gasteiger partial charge in [-0.05, 0) is 44.4 Å². The molecule has 0 aliphatic heterocycles. The predicted octanol–water partition coefficient (Wildman–Crippen LogP) is 4.20. The Hall–Kier alpha value is -3.29. The molecule has 0 amide bonds. The molecular weight excluding hydrogens is 370 g/mol. The summed E-state index contributed by atoms with van der Waals surface area (Å²) >= 11 is 0. The first-order valence-corrected chi connectivity index (χ1v) is 9.60. The molecule has 0 saturated heterocycles. The van der Waals surface area contributed by atoms with Gasteiger partial charge in [-0.15, -0.1) is 0 Å². The first-order valence-electron chi connectivity index (χ1n) is 9.60. The molecule has 0 unspecified atom stereocenters. The lowest BCUT2D eigenvalue weighted by molar-refractivity contribution is -0.384. The van der Waals surface area contributed by atoms with Crippen molar-refractivity contribution >= 4 is 11.5 Å². The average molecular weight is 395 g/mol. The number of non-ortho nitro benzene ring substituents is 1. The van der Waals surface area contributed by atoms with Gasteiger partial charge in [-0.2, -0.15) is 5.10 Å². The number of nitro groups is 1. The van der Waals surface area contributed by atoms with E-state index in [1.807, 2.05) is 19.9 Å². The summed E-state index contributed by atoms with van der Waals surface area (Å²) in [5.41, 5.74) is 3.43. The van der Waals surface area contributed by atoms with Crippen molar-refractivity contribution in [2.24, 2.45) is 5.92 Å². The number of ketones is 1. The van der Waals surface area contributed by atoms with Gasteiger partial charge in [0, 0.05) is 41.2 Å². The smallest absolute Gasteiger partial charge is 0.269 e. The zero-order chi connectivity index (χ0) is 21.1. The van der Waals surface area contributed by atoms with E-state index >= 15 is 0 Å². The highest BCUT2D eigenvalue weighted by Crippen LogP contribution is 2.20. The Morgan fingerprint density at radius 2 is 1.90 bits per heavy atom. The molecule has 0 aliphatic carbocycles. The monoisotopic (exact) mass is 395 g/mol. The highest BCUT2D eigenvalue weighted by molar-refractivity contribution is 5.97. The quantitative estimate of drug-likeness (QED) is 0.323. The summed E-state index contributed by atoms with van der Waals surface area (Å²) in [6, 6.07) is 7.95. The standard InChI is InChI=1S/C21H25N5O3/c1-14(2)9-10-25-15(3)11-19(16(25)4)20(27)12-24-13-22-21(23-24)17-5-7-18(8-6-17)26(28)29/h5-8,11,13-14H,9-10,12H2,1-4H3. The molecule has 0 spiro atoms. The molecule has 3 rings (SSSR count). The number of Topliss-reactive ketones (excluding diaryl/α,β-unsaturated/α-hetero) is 1. The van der Waals surface area contributed by atoms with Crippen LogP contribution in [0.5, 0.6) is 0 Å². The second kappa shape index (κ2) is 8.38. The predicted molar refractivity (Wildman–Crippen MR) is 110 cm³/mol. The number of hydrogen-bond acceptors (Lipinski definition) is 5. The number of aromatic nitrogens is 4. The number of carbonyl (C=O) groups is 1. The molecule has 0 saturated carbocycles. The summed E-state index contributed by atoms with van der Waals surface area (Å²) in [4.78, 5) is 27.4. The maximum absolute atomic E-state index is 12.8. The minimum Gasteiger partial charge on any atom is -0.348 e. The summed E-state index contributed by atoms with van der Waals surface area (Å²) < 4.78 is 3.69. The van der Waals surface area contributed by atoms with E-state index in [0.29, 0.717) is 22.9 Å². The van der Waals surface area contributed by atoms with Gasteiger partial charge in [0.05, 0.1) is 4.92 Å². The molecule has 8 heteroatoms. The van der Waals surface area contributed by atoms with Crippen molar-refractivity contribution in [2.75, 3.05) is 0 Å². The number of hydrogen-bond donors (Lipinski definition) is 0. The highest BCUT2D eigenvalue weighted by atomic mass is 16.6. The molecule has 29 heavy (non-hydrogen) atoms. The third-order valence-corrected chi connectivity index (χ3v) is 4.98. The molecule has 0 fully saturated rings. The summed E-state index contributed by atoms with van der Waals surface area (Å²) in [5, 5.41) is 15.1. The van der Waals surface area contributed by atoms with Crippen LogP contribution in [0.15, 0.2) is 36.7 Å². The molecule has 0 atom stereocenters. The first-order chi connectivity index (χ1) is 13.8. The molecule has 8 nitrogen and oxygen atoms in total.